The zero-order valence-corrected chi connectivity index (χ0v) is 16.1. The Morgan fingerprint density at radius 2 is 1.32 bits per heavy atom. The molecule has 4 nitrogen and oxygen atoms in total. The van der Waals surface area contributed by atoms with Gasteiger partial charge in [-0.15, -0.1) is 6.58 Å². The first-order chi connectivity index (χ1) is 13.7. The Balaban J connectivity index is 0.00000128. The van der Waals surface area contributed by atoms with E-state index in [1.165, 1.54) is 0 Å². The summed E-state index contributed by atoms with van der Waals surface area (Å²) in [5.41, 5.74) is 3.62. The molecule has 0 bridgehead atoms. The smallest absolute Gasteiger partial charge is 0.298 e. The molecule has 5 rings (SSSR count). The van der Waals surface area contributed by atoms with Crippen LogP contribution < -0.4 is 10.2 Å². The second-order valence-corrected chi connectivity index (χ2v) is 8.59. The van der Waals surface area contributed by atoms with Crippen molar-refractivity contribution in [2.24, 2.45) is 0 Å². The largest absolute Gasteiger partial charge is 0.392 e. The average Bonchev–Trinajstić information content (AvgIpc) is 2.86. The first kappa shape index (κ1) is 17.1. The summed E-state index contributed by atoms with van der Waals surface area (Å²) in [5, 5.41) is 10.8. The fourth-order valence-electron chi connectivity index (χ4n) is 3.84. The van der Waals surface area contributed by atoms with Crippen LogP contribution in [0.4, 0.5) is 11.4 Å². The van der Waals surface area contributed by atoms with Crippen molar-refractivity contribution >= 4 is 40.6 Å². The molecule has 1 aliphatic rings. The molecule has 0 unspecified atom stereocenters. The number of fused-ring (bicyclic) bond motifs is 7. The highest BCUT2D eigenvalue weighted by Crippen LogP contribution is 2.56. The molecule has 0 fully saturated rings. The lowest BCUT2D eigenvalue weighted by Gasteiger charge is -2.19. The van der Waals surface area contributed by atoms with Gasteiger partial charge in [0, 0.05) is 14.0 Å². The van der Waals surface area contributed by atoms with Crippen molar-refractivity contribution in [3.63, 3.8) is 0 Å². The first-order valence-electron chi connectivity index (χ1n) is 9.14. The Bertz CT molecular complexity index is 1200. The second kappa shape index (κ2) is 6.52. The zero-order valence-electron chi connectivity index (χ0n) is 15.2. The van der Waals surface area contributed by atoms with Crippen LogP contribution in [-0.2, 0) is 9.09 Å². The molecule has 142 valence electrons. The van der Waals surface area contributed by atoms with Crippen LogP contribution in [0.1, 0.15) is 2.85 Å². The topological polar surface area (TPSA) is 50.4 Å². The lowest BCUT2D eigenvalue weighted by atomic mass is 9.91. The normalized spacial score (nSPS) is 14.4. The number of nitrogens with one attached hydrogen (secondary N) is 2. The van der Waals surface area contributed by atoms with Gasteiger partial charge in [-0.1, -0.05) is 66.7 Å². The van der Waals surface area contributed by atoms with E-state index in [9.17, 15) is 4.57 Å². The van der Waals surface area contributed by atoms with Gasteiger partial charge < -0.3 is 0 Å². The third-order valence-electron chi connectivity index (χ3n) is 5.02. The summed E-state index contributed by atoms with van der Waals surface area (Å²) in [6.45, 7) is 3.85. The molecule has 0 aromatic heterocycles. The van der Waals surface area contributed by atoms with Crippen molar-refractivity contribution in [2.45, 2.75) is 0 Å². The minimum absolute atomic E-state index is 0. The lowest BCUT2D eigenvalue weighted by molar-refractivity contribution is 0.361. The molecule has 5 heteroatoms. The molecule has 0 radical (unpaired) electrons. The fraction of sp³-hybridized carbons (Fsp3) is 0.0435. The predicted octanol–water partition coefficient (Wildman–Crippen LogP) is 7.30. The number of hydrogen-bond acceptors (Lipinski definition) is 2. The molecule has 0 aliphatic carbocycles. The SMILES string of the molecule is C=CCOP1(=O)Nc2ccc3ccccc3c2-c2c(ccc3ccccc23)N1.[HH].[HH]. The quantitative estimate of drug-likeness (QED) is 0.285. The van der Waals surface area contributed by atoms with Gasteiger partial charge in [0.25, 0.3) is 0 Å². The van der Waals surface area contributed by atoms with Gasteiger partial charge in [-0.2, -0.15) is 0 Å². The molecule has 0 saturated heterocycles. The zero-order chi connectivity index (χ0) is 19.1. The first-order valence-corrected chi connectivity index (χ1v) is 10.8. The van der Waals surface area contributed by atoms with Crippen molar-refractivity contribution < 1.29 is 11.9 Å². The maximum atomic E-state index is 13.5. The Labute approximate surface area is 166 Å². The third-order valence-corrected chi connectivity index (χ3v) is 6.60. The molecule has 4 aromatic carbocycles. The van der Waals surface area contributed by atoms with Crippen LogP contribution in [0.3, 0.4) is 0 Å². The Hall–Kier alpha value is -3.07. The predicted molar refractivity (Wildman–Crippen MR) is 122 cm³/mol. The molecule has 0 amide bonds. The van der Waals surface area contributed by atoms with E-state index in [1.807, 2.05) is 48.5 Å². The molecule has 0 spiro atoms. The van der Waals surface area contributed by atoms with E-state index in [2.05, 4.69) is 41.0 Å². The van der Waals surface area contributed by atoms with Crippen LogP contribution in [0.2, 0.25) is 0 Å². The van der Waals surface area contributed by atoms with E-state index < -0.39 is 7.67 Å². The van der Waals surface area contributed by atoms with E-state index in [4.69, 9.17) is 4.52 Å². The second-order valence-electron chi connectivity index (χ2n) is 6.78. The summed E-state index contributed by atoms with van der Waals surface area (Å²) in [5.74, 6) is 0. The summed E-state index contributed by atoms with van der Waals surface area (Å²) in [7, 11) is -3.37. The summed E-state index contributed by atoms with van der Waals surface area (Å²) in [6, 6.07) is 24.5. The third kappa shape index (κ3) is 2.70. The molecule has 0 saturated carbocycles. The van der Waals surface area contributed by atoms with E-state index in [0.717, 1.165) is 44.0 Å². The van der Waals surface area contributed by atoms with E-state index in [1.54, 1.807) is 6.08 Å². The molecule has 4 aromatic rings. The standard InChI is InChI=1S/C23H19N2O2P.2H2/c1-2-15-27-28(26)24-20-13-11-16-7-3-5-9-18(16)22(20)23-19-10-6-4-8-17(19)12-14-21(23)25-28;;/h2-14H,1,15H2,(H2,24,25,26);2*1H. The highest BCUT2D eigenvalue weighted by atomic mass is 31.2. The van der Waals surface area contributed by atoms with Crippen LogP contribution in [0.15, 0.2) is 85.5 Å². The van der Waals surface area contributed by atoms with Crippen LogP contribution in [0.25, 0.3) is 32.7 Å². The fourth-order valence-corrected chi connectivity index (χ4v) is 5.34. The number of benzene rings is 4. The van der Waals surface area contributed by atoms with Gasteiger partial charge in [-0.3, -0.25) is 14.7 Å². The number of rotatable bonds is 3. The van der Waals surface area contributed by atoms with Gasteiger partial charge in [0.2, 0.25) is 0 Å². The molecular weight excluding hydrogens is 367 g/mol. The van der Waals surface area contributed by atoms with E-state index >= 15 is 0 Å². The van der Waals surface area contributed by atoms with Gasteiger partial charge >= 0.3 is 7.67 Å². The Kier molecular flexibility index (Phi) is 3.97. The Morgan fingerprint density at radius 1 is 0.821 bits per heavy atom. The van der Waals surface area contributed by atoms with Crippen molar-refractivity contribution in [3.05, 3.63) is 85.5 Å². The summed E-state index contributed by atoms with van der Waals surface area (Å²) in [6.07, 6.45) is 1.59. The highest BCUT2D eigenvalue weighted by Gasteiger charge is 2.31. The summed E-state index contributed by atoms with van der Waals surface area (Å²) < 4.78 is 19.2. The van der Waals surface area contributed by atoms with Crippen LogP contribution in [0, 0.1) is 0 Å². The Morgan fingerprint density at radius 3 is 1.82 bits per heavy atom. The lowest BCUT2D eigenvalue weighted by Crippen LogP contribution is -2.08. The van der Waals surface area contributed by atoms with Crippen molar-refractivity contribution in [1.82, 2.24) is 0 Å². The van der Waals surface area contributed by atoms with Crippen LogP contribution >= 0.6 is 7.67 Å². The van der Waals surface area contributed by atoms with Gasteiger partial charge in [0.05, 0.1) is 18.0 Å². The minimum atomic E-state index is -3.37. The minimum Gasteiger partial charge on any atom is -0.298 e. The van der Waals surface area contributed by atoms with Crippen molar-refractivity contribution in [1.29, 1.82) is 0 Å². The van der Waals surface area contributed by atoms with Gasteiger partial charge in [-0.25, -0.2) is 4.57 Å². The molecular formula is C23H23N2O2P. The maximum absolute atomic E-state index is 13.5. The maximum Gasteiger partial charge on any atom is 0.392 e. The monoisotopic (exact) mass is 390 g/mol. The van der Waals surface area contributed by atoms with Gasteiger partial charge in [0.1, 0.15) is 0 Å². The molecule has 1 aliphatic heterocycles. The van der Waals surface area contributed by atoms with Crippen molar-refractivity contribution in [2.75, 3.05) is 16.8 Å². The van der Waals surface area contributed by atoms with Crippen LogP contribution in [-0.4, -0.2) is 6.61 Å². The highest BCUT2D eigenvalue weighted by molar-refractivity contribution is 7.62. The number of anilines is 2. The summed E-state index contributed by atoms with van der Waals surface area (Å²) in [4.78, 5) is 0. The van der Waals surface area contributed by atoms with Gasteiger partial charge in [0.15, 0.2) is 0 Å². The van der Waals surface area contributed by atoms with Gasteiger partial charge in [-0.05, 0) is 33.7 Å². The molecule has 0 atom stereocenters. The summed E-state index contributed by atoms with van der Waals surface area (Å²) >= 11 is 0. The number of hydrogen-bond donors (Lipinski definition) is 2. The average molecular weight is 390 g/mol. The van der Waals surface area contributed by atoms with Crippen molar-refractivity contribution in [3.8, 4) is 11.1 Å². The van der Waals surface area contributed by atoms with E-state index in [0.29, 0.717) is 0 Å². The van der Waals surface area contributed by atoms with E-state index in [-0.39, 0.29) is 9.46 Å². The van der Waals surface area contributed by atoms with Crippen LogP contribution in [0.5, 0.6) is 0 Å². The molecule has 28 heavy (non-hydrogen) atoms. The molecule has 1 heterocycles. The molecule has 2 N–H and O–H groups in total.